The fourth-order valence-electron chi connectivity index (χ4n) is 2.32. The number of aryl methyl sites for hydroxylation is 3. The SMILES string of the molecule is Cc1ccc2[nH]c(=S)n(CCCn3ccnc3)c2c1. The first kappa shape index (κ1) is 12.2. The van der Waals surface area contributed by atoms with Gasteiger partial charge in [-0.2, -0.15) is 0 Å². The maximum Gasteiger partial charge on any atom is 0.178 e. The van der Waals surface area contributed by atoms with Crippen LogP contribution in [0.3, 0.4) is 0 Å². The van der Waals surface area contributed by atoms with E-state index in [-0.39, 0.29) is 0 Å². The van der Waals surface area contributed by atoms with Crippen molar-refractivity contribution in [3.8, 4) is 0 Å². The van der Waals surface area contributed by atoms with E-state index in [1.807, 2.05) is 12.5 Å². The van der Waals surface area contributed by atoms with Crippen LogP contribution < -0.4 is 0 Å². The molecule has 0 aliphatic rings. The van der Waals surface area contributed by atoms with E-state index in [1.165, 1.54) is 11.1 Å². The molecule has 4 nitrogen and oxygen atoms in total. The number of nitrogens with one attached hydrogen (secondary N) is 1. The minimum absolute atomic E-state index is 0.797. The summed E-state index contributed by atoms with van der Waals surface area (Å²) in [6.45, 7) is 3.98. The van der Waals surface area contributed by atoms with E-state index in [2.05, 4.69) is 44.2 Å². The minimum atomic E-state index is 0.797. The molecule has 0 amide bonds. The molecule has 0 spiro atoms. The van der Waals surface area contributed by atoms with Crippen LogP contribution in [0.4, 0.5) is 0 Å². The Morgan fingerprint density at radius 1 is 1.32 bits per heavy atom. The Morgan fingerprint density at radius 3 is 3.00 bits per heavy atom. The van der Waals surface area contributed by atoms with Crippen LogP contribution in [0, 0.1) is 11.7 Å². The molecule has 1 aromatic carbocycles. The third-order valence-corrected chi connectivity index (χ3v) is 3.61. The Bertz CT molecular complexity index is 736. The second kappa shape index (κ2) is 5.01. The highest BCUT2D eigenvalue weighted by Gasteiger charge is 2.04. The van der Waals surface area contributed by atoms with E-state index in [4.69, 9.17) is 12.2 Å². The lowest BCUT2D eigenvalue weighted by Gasteiger charge is -2.05. The zero-order valence-corrected chi connectivity index (χ0v) is 11.7. The second-order valence-electron chi connectivity index (χ2n) is 4.76. The minimum Gasteiger partial charge on any atom is -0.337 e. The van der Waals surface area contributed by atoms with E-state index in [1.54, 1.807) is 6.20 Å². The molecule has 0 aliphatic heterocycles. The molecule has 0 saturated carbocycles. The van der Waals surface area contributed by atoms with Crippen molar-refractivity contribution < 1.29 is 0 Å². The molecule has 19 heavy (non-hydrogen) atoms. The van der Waals surface area contributed by atoms with Crippen LogP contribution in [0.2, 0.25) is 0 Å². The van der Waals surface area contributed by atoms with Crippen molar-refractivity contribution in [3.63, 3.8) is 0 Å². The zero-order chi connectivity index (χ0) is 13.2. The standard InChI is InChI=1S/C14H16N4S/c1-11-3-4-12-13(9-11)18(14(19)16-12)7-2-6-17-8-5-15-10-17/h3-5,8-10H,2,6-7H2,1H3,(H,16,19). The van der Waals surface area contributed by atoms with Gasteiger partial charge in [-0.05, 0) is 43.3 Å². The Balaban J connectivity index is 1.82. The summed E-state index contributed by atoms with van der Waals surface area (Å²) >= 11 is 5.40. The van der Waals surface area contributed by atoms with Gasteiger partial charge in [0.1, 0.15) is 0 Å². The molecular weight excluding hydrogens is 256 g/mol. The van der Waals surface area contributed by atoms with Crippen LogP contribution in [-0.2, 0) is 13.1 Å². The van der Waals surface area contributed by atoms with Gasteiger partial charge in [0.15, 0.2) is 4.77 Å². The molecule has 1 N–H and O–H groups in total. The number of aromatic nitrogens is 4. The number of H-pyrrole nitrogens is 1. The lowest BCUT2D eigenvalue weighted by Crippen LogP contribution is -2.03. The molecule has 3 rings (SSSR count). The van der Waals surface area contributed by atoms with Crippen molar-refractivity contribution in [3.05, 3.63) is 47.3 Å². The average molecular weight is 272 g/mol. The third-order valence-electron chi connectivity index (χ3n) is 3.29. The molecule has 0 aliphatic carbocycles. The van der Waals surface area contributed by atoms with Crippen LogP contribution in [0.25, 0.3) is 11.0 Å². The number of aromatic amines is 1. The Morgan fingerprint density at radius 2 is 2.21 bits per heavy atom. The predicted octanol–water partition coefficient (Wildman–Crippen LogP) is 3.29. The molecule has 0 saturated heterocycles. The molecule has 0 atom stereocenters. The normalized spacial score (nSPS) is 11.2. The fourth-order valence-corrected chi connectivity index (χ4v) is 2.61. The largest absolute Gasteiger partial charge is 0.337 e. The smallest absolute Gasteiger partial charge is 0.178 e. The number of benzene rings is 1. The molecule has 0 unspecified atom stereocenters. The third kappa shape index (κ3) is 2.46. The van der Waals surface area contributed by atoms with Crippen LogP contribution >= 0.6 is 12.2 Å². The summed E-state index contributed by atoms with van der Waals surface area (Å²) in [4.78, 5) is 7.30. The first-order chi connectivity index (χ1) is 9.24. The van der Waals surface area contributed by atoms with Crippen molar-refractivity contribution in [1.29, 1.82) is 0 Å². The summed E-state index contributed by atoms with van der Waals surface area (Å²) in [5.41, 5.74) is 3.55. The molecule has 98 valence electrons. The Hall–Kier alpha value is -1.88. The molecule has 3 aromatic rings. The Labute approximate surface area is 116 Å². The van der Waals surface area contributed by atoms with Crippen LogP contribution in [0.15, 0.2) is 36.9 Å². The van der Waals surface area contributed by atoms with E-state index in [0.29, 0.717) is 0 Å². The van der Waals surface area contributed by atoms with Crippen molar-refractivity contribution in [1.82, 2.24) is 19.1 Å². The predicted molar refractivity (Wildman–Crippen MR) is 78.7 cm³/mol. The number of rotatable bonds is 4. The summed E-state index contributed by atoms with van der Waals surface area (Å²) in [6, 6.07) is 6.37. The molecule has 5 heteroatoms. The molecule has 0 fully saturated rings. The van der Waals surface area contributed by atoms with E-state index < -0.39 is 0 Å². The maximum absolute atomic E-state index is 5.40. The van der Waals surface area contributed by atoms with Gasteiger partial charge in [-0.25, -0.2) is 4.98 Å². The van der Waals surface area contributed by atoms with Crippen LogP contribution in [-0.4, -0.2) is 19.1 Å². The first-order valence-electron chi connectivity index (χ1n) is 6.39. The van der Waals surface area contributed by atoms with Crippen LogP contribution in [0.1, 0.15) is 12.0 Å². The van der Waals surface area contributed by atoms with Gasteiger partial charge in [-0.1, -0.05) is 6.07 Å². The highest BCUT2D eigenvalue weighted by Crippen LogP contribution is 2.16. The summed E-state index contributed by atoms with van der Waals surface area (Å²) in [5.74, 6) is 0. The summed E-state index contributed by atoms with van der Waals surface area (Å²) < 4.78 is 5.06. The molecule has 2 heterocycles. The summed E-state index contributed by atoms with van der Waals surface area (Å²) in [5, 5.41) is 0. The van der Waals surface area contributed by atoms with Gasteiger partial charge in [0.05, 0.1) is 17.4 Å². The number of nitrogens with zero attached hydrogens (tertiary/aromatic N) is 3. The van der Waals surface area contributed by atoms with Gasteiger partial charge in [-0.3, -0.25) is 0 Å². The molecular formula is C14H16N4S. The topological polar surface area (TPSA) is 38.5 Å². The van der Waals surface area contributed by atoms with Gasteiger partial charge in [0.25, 0.3) is 0 Å². The summed E-state index contributed by atoms with van der Waals surface area (Å²) in [7, 11) is 0. The van der Waals surface area contributed by atoms with Crippen LogP contribution in [0.5, 0.6) is 0 Å². The number of imidazole rings is 2. The number of fused-ring (bicyclic) bond motifs is 1. The Kier molecular flexibility index (Phi) is 3.21. The van der Waals surface area contributed by atoms with E-state index in [9.17, 15) is 0 Å². The van der Waals surface area contributed by atoms with E-state index >= 15 is 0 Å². The van der Waals surface area contributed by atoms with Gasteiger partial charge in [0, 0.05) is 25.5 Å². The molecule has 0 bridgehead atoms. The van der Waals surface area contributed by atoms with Crippen molar-refractivity contribution >= 4 is 23.3 Å². The zero-order valence-electron chi connectivity index (χ0n) is 10.8. The average Bonchev–Trinajstić information content (AvgIpc) is 2.99. The lowest BCUT2D eigenvalue weighted by molar-refractivity contribution is 0.568. The van der Waals surface area contributed by atoms with Crippen molar-refractivity contribution in [2.45, 2.75) is 26.4 Å². The monoisotopic (exact) mass is 272 g/mol. The number of hydrogen-bond acceptors (Lipinski definition) is 2. The fraction of sp³-hybridized carbons (Fsp3) is 0.286. The highest BCUT2D eigenvalue weighted by atomic mass is 32.1. The quantitative estimate of drug-likeness (QED) is 0.740. The molecule has 2 aromatic heterocycles. The van der Waals surface area contributed by atoms with Gasteiger partial charge in [-0.15, -0.1) is 0 Å². The summed E-state index contributed by atoms with van der Waals surface area (Å²) in [6.07, 6.45) is 6.67. The van der Waals surface area contributed by atoms with Crippen molar-refractivity contribution in [2.24, 2.45) is 0 Å². The highest BCUT2D eigenvalue weighted by molar-refractivity contribution is 7.71. The van der Waals surface area contributed by atoms with E-state index in [0.717, 1.165) is 29.8 Å². The number of hydrogen-bond donors (Lipinski definition) is 1. The van der Waals surface area contributed by atoms with Gasteiger partial charge in [0.2, 0.25) is 0 Å². The molecule has 0 radical (unpaired) electrons. The maximum atomic E-state index is 5.40. The second-order valence-corrected chi connectivity index (χ2v) is 5.14. The first-order valence-corrected chi connectivity index (χ1v) is 6.80. The van der Waals surface area contributed by atoms with Crippen molar-refractivity contribution in [2.75, 3.05) is 0 Å². The van der Waals surface area contributed by atoms with Gasteiger partial charge >= 0.3 is 0 Å². The lowest BCUT2D eigenvalue weighted by atomic mass is 10.2. The van der Waals surface area contributed by atoms with Gasteiger partial charge < -0.3 is 14.1 Å².